The maximum absolute atomic E-state index is 13.1. The van der Waals surface area contributed by atoms with E-state index in [4.69, 9.17) is 14.2 Å². The topological polar surface area (TPSA) is 77.1 Å². The molecule has 1 aliphatic rings. The summed E-state index contributed by atoms with van der Waals surface area (Å²) < 4.78 is 16.1. The zero-order valence-electron chi connectivity index (χ0n) is 17.7. The van der Waals surface area contributed by atoms with Crippen LogP contribution in [0.2, 0.25) is 0 Å². The van der Waals surface area contributed by atoms with Crippen LogP contribution in [0, 0.1) is 0 Å². The largest absolute Gasteiger partial charge is 0.497 e. The van der Waals surface area contributed by atoms with Gasteiger partial charge in [0.25, 0.3) is 0 Å². The van der Waals surface area contributed by atoms with E-state index in [1.54, 1.807) is 55.8 Å². The predicted molar refractivity (Wildman–Crippen MR) is 120 cm³/mol. The fraction of sp³-hybridized carbons (Fsp3) is 0.120. The lowest BCUT2D eigenvalue weighted by Gasteiger charge is -2.18. The zero-order chi connectivity index (χ0) is 22.5. The van der Waals surface area contributed by atoms with Crippen LogP contribution < -0.4 is 14.8 Å². The van der Waals surface area contributed by atoms with Gasteiger partial charge in [0.1, 0.15) is 11.5 Å². The molecule has 1 N–H and O–H groups in total. The molecule has 0 atom stereocenters. The van der Waals surface area contributed by atoms with Crippen LogP contribution in [0.15, 0.2) is 79.0 Å². The molecule has 0 saturated heterocycles. The van der Waals surface area contributed by atoms with Crippen molar-refractivity contribution in [1.29, 1.82) is 0 Å². The van der Waals surface area contributed by atoms with Gasteiger partial charge in [0.2, 0.25) is 0 Å². The SMILES string of the molecule is COC(=O)c1ccc2c(c1)OC(c1ccccc1)=CN(C(=O)Nc1ccc(OC)cc1)C2. The second-order valence-corrected chi connectivity index (χ2v) is 7.06. The number of amides is 2. The molecule has 0 fully saturated rings. The number of methoxy groups -OCH3 is 2. The minimum absolute atomic E-state index is 0.259. The Bertz CT molecular complexity index is 1160. The lowest BCUT2D eigenvalue weighted by atomic mass is 10.1. The molecule has 0 radical (unpaired) electrons. The number of anilines is 1. The first-order valence-electron chi connectivity index (χ1n) is 9.95. The number of rotatable bonds is 4. The van der Waals surface area contributed by atoms with Crippen molar-refractivity contribution in [2.45, 2.75) is 6.54 Å². The van der Waals surface area contributed by atoms with Crippen LogP contribution in [-0.2, 0) is 11.3 Å². The summed E-state index contributed by atoms with van der Waals surface area (Å²) in [6, 6.07) is 21.3. The van der Waals surface area contributed by atoms with E-state index in [1.807, 2.05) is 30.3 Å². The first-order valence-corrected chi connectivity index (χ1v) is 9.95. The summed E-state index contributed by atoms with van der Waals surface area (Å²) in [6.45, 7) is 0.259. The molecule has 3 aromatic rings. The molecule has 0 saturated carbocycles. The molecular formula is C25H22N2O5. The number of carbonyl (C=O) groups excluding carboxylic acids is 2. The zero-order valence-corrected chi connectivity index (χ0v) is 17.7. The summed E-state index contributed by atoms with van der Waals surface area (Å²) in [5.41, 5.74) is 2.56. The normalized spacial score (nSPS) is 12.6. The van der Waals surface area contributed by atoms with E-state index in [0.29, 0.717) is 28.5 Å². The highest BCUT2D eigenvalue weighted by Crippen LogP contribution is 2.31. The fourth-order valence-electron chi connectivity index (χ4n) is 3.28. The average molecular weight is 430 g/mol. The Balaban J connectivity index is 1.67. The third-order valence-corrected chi connectivity index (χ3v) is 4.98. The van der Waals surface area contributed by atoms with E-state index in [0.717, 1.165) is 11.1 Å². The van der Waals surface area contributed by atoms with E-state index in [2.05, 4.69) is 5.32 Å². The van der Waals surface area contributed by atoms with Gasteiger partial charge in [0.15, 0.2) is 5.76 Å². The molecule has 7 heteroatoms. The average Bonchev–Trinajstić information content (AvgIpc) is 3.04. The number of urea groups is 1. The van der Waals surface area contributed by atoms with Gasteiger partial charge in [-0.2, -0.15) is 0 Å². The molecule has 7 nitrogen and oxygen atoms in total. The van der Waals surface area contributed by atoms with Crippen molar-refractivity contribution >= 4 is 23.4 Å². The first-order chi connectivity index (χ1) is 15.6. The van der Waals surface area contributed by atoms with Crippen LogP contribution >= 0.6 is 0 Å². The standard InChI is InChI=1S/C25H22N2O5/c1-30-21-12-10-20(11-13-21)26-25(29)27-15-19-9-8-18(24(28)31-2)14-22(19)32-23(16-27)17-6-4-3-5-7-17/h3-14,16H,15H2,1-2H3,(H,26,29). The van der Waals surface area contributed by atoms with Gasteiger partial charge in [-0.1, -0.05) is 36.4 Å². The van der Waals surface area contributed by atoms with Gasteiger partial charge in [0, 0.05) is 16.8 Å². The highest BCUT2D eigenvalue weighted by molar-refractivity contribution is 5.92. The van der Waals surface area contributed by atoms with Crippen molar-refractivity contribution in [3.05, 3.63) is 95.7 Å². The van der Waals surface area contributed by atoms with Crippen LogP contribution in [0.4, 0.5) is 10.5 Å². The molecule has 3 aromatic carbocycles. The van der Waals surface area contributed by atoms with Gasteiger partial charge in [-0.15, -0.1) is 0 Å². The van der Waals surface area contributed by atoms with Gasteiger partial charge < -0.3 is 19.5 Å². The Labute approximate surface area is 185 Å². The van der Waals surface area contributed by atoms with Gasteiger partial charge in [-0.05, 0) is 36.4 Å². The number of carbonyl (C=O) groups is 2. The fourth-order valence-corrected chi connectivity index (χ4v) is 3.28. The molecule has 2 amide bonds. The number of fused-ring (bicyclic) bond motifs is 1. The monoisotopic (exact) mass is 430 g/mol. The van der Waals surface area contributed by atoms with Crippen LogP contribution in [-0.4, -0.2) is 31.1 Å². The van der Waals surface area contributed by atoms with E-state index in [-0.39, 0.29) is 12.6 Å². The van der Waals surface area contributed by atoms with Crippen molar-refractivity contribution in [1.82, 2.24) is 4.90 Å². The highest BCUT2D eigenvalue weighted by atomic mass is 16.5. The smallest absolute Gasteiger partial charge is 0.337 e. The maximum Gasteiger partial charge on any atom is 0.337 e. The first kappa shape index (κ1) is 21.0. The quantitative estimate of drug-likeness (QED) is 0.596. The van der Waals surface area contributed by atoms with Crippen molar-refractivity contribution < 1.29 is 23.8 Å². The molecule has 0 bridgehead atoms. The van der Waals surface area contributed by atoms with E-state index < -0.39 is 5.97 Å². The Hall–Kier alpha value is -4.26. The number of nitrogens with one attached hydrogen (secondary N) is 1. The van der Waals surface area contributed by atoms with Crippen LogP contribution in [0.3, 0.4) is 0 Å². The third-order valence-electron chi connectivity index (χ3n) is 4.98. The molecular weight excluding hydrogens is 408 g/mol. The highest BCUT2D eigenvalue weighted by Gasteiger charge is 2.23. The number of hydrogen-bond acceptors (Lipinski definition) is 5. The van der Waals surface area contributed by atoms with Crippen molar-refractivity contribution in [3.63, 3.8) is 0 Å². The van der Waals surface area contributed by atoms with Gasteiger partial charge >= 0.3 is 12.0 Å². The molecule has 0 spiro atoms. The lowest BCUT2D eigenvalue weighted by molar-refractivity contribution is 0.0600. The van der Waals surface area contributed by atoms with Crippen molar-refractivity contribution in [2.75, 3.05) is 19.5 Å². The van der Waals surface area contributed by atoms with Gasteiger partial charge in [-0.25, -0.2) is 9.59 Å². The Morgan fingerprint density at radius 2 is 1.72 bits per heavy atom. The summed E-state index contributed by atoms with van der Waals surface area (Å²) in [6.07, 6.45) is 1.66. The van der Waals surface area contributed by atoms with Crippen LogP contribution in [0.1, 0.15) is 21.5 Å². The Morgan fingerprint density at radius 1 is 0.969 bits per heavy atom. The molecule has 0 aliphatic carbocycles. The molecule has 0 aromatic heterocycles. The Kier molecular flexibility index (Phi) is 6.07. The summed E-state index contributed by atoms with van der Waals surface area (Å²) in [5.74, 6) is 1.21. The number of nitrogens with zero attached hydrogens (tertiary/aromatic N) is 1. The van der Waals surface area contributed by atoms with Crippen LogP contribution in [0.25, 0.3) is 5.76 Å². The number of benzene rings is 3. The molecule has 0 unspecified atom stereocenters. The molecule has 32 heavy (non-hydrogen) atoms. The van der Waals surface area contributed by atoms with E-state index in [1.165, 1.54) is 12.0 Å². The number of hydrogen-bond donors (Lipinski definition) is 1. The van der Waals surface area contributed by atoms with Crippen LogP contribution in [0.5, 0.6) is 11.5 Å². The number of esters is 1. The third kappa shape index (κ3) is 4.57. The molecule has 4 rings (SSSR count). The van der Waals surface area contributed by atoms with Gasteiger partial charge in [0.05, 0.1) is 32.5 Å². The molecule has 162 valence electrons. The predicted octanol–water partition coefficient (Wildman–Crippen LogP) is 4.91. The second-order valence-electron chi connectivity index (χ2n) is 7.06. The summed E-state index contributed by atoms with van der Waals surface area (Å²) in [7, 11) is 2.92. The van der Waals surface area contributed by atoms with Crippen molar-refractivity contribution in [3.8, 4) is 11.5 Å². The summed E-state index contributed by atoms with van der Waals surface area (Å²) in [4.78, 5) is 26.6. The second kappa shape index (κ2) is 9.26. The van der Waals surface area contributed by atoms with Crippen molar-refractivity contribution in [2.24, 2.45) is 0 Å². The summed E-state index contributed by atoms with van der Waals surface area (Å²) in [5, 5.41) is 2.89. The minimum Gasteiger partial charge on any atom is -0.497 e. The lowest BCUT2D eigenvalue weighted by Crippen LogP contribution is -2.30. The summed E-state index contributed by atoms with van der Waals surface area (Å²) >= 11 is 0. The minimum atomic E-state index is -0.458. The number of ether oxygens (including phenoxy) is 3. The molecule has 1 aliphatic heterocycles. The Morgan fingerprint density at radius 3 is 2.41 bits per heavy atom. The van der Waals surface area contributed by atoms with E-state index >= 15 is 0 Å². The molecule has 1 heterocycles. The maximum atomic E-state index is 13.1. The van der Waals surface area contributed by atoms with E-state index in [9.17, 15) is 9.59 Å². The van der Waals surface area contributed by atoms with Gasteiger partial charge in [-0.3, -0.25) is 4.90 Å².